The van der Waals surface area contributed by atoms with Gasteiger partial charge in [-0.2, -0.15) is 0 Å². The van der Waals surface area contributed by atoms with Crippen molar-refractivity contribution in [3.63, 3.8) is 0 Å². The number of amides is 2. The molecule has 8 nitrogen and oxygen atoms in total. The molecule has 0 aliphatic carbocycles. The highest BCUT2D eigenvalue weighted by Gasteiger charge is 2.31. The number of thioether (sulfide) groups is 1. The van der Waals surface area contributed by atoms with Crippen LogP contribution in [0.5, 0.6) is 5.75 Å². The highest BCUT2D eigenvalue weighted by Crippen LogP contribution is 2.35. The van der Waals surface area contributed by atoms with Crippen molar-refractivity contribution >= 4 is 29.4 Å². The van der Waals surface area contributed by atoms with Crippen LogP contribution < -0.4 is 21.3 Å². The number of rotatable bonds is 7. The number of aryl methyl sites for hydroxylation is 1. The maximum atomic E-state index is 12.9. The molecule has 0 saturated carbocycles. The van der Waals surface area contributed by atoms with Gasteiger partial charge >= 0.3 is 0 Å². The number of hydrogen-bond acceptors (Lipinski definition) is 6. The van der Waals surface area contributed by atoms with Crippen molar-refractivity contribution in [3.8, 4) is 5.75 Å². The molecule has 1 aliphatic heterocycles. The van der Waals surface area contributed by atoms with Gasteiger partial charge < -0.3 is 20.8 Å². The summed E-state index contributed by atoms with van der Waals surface area (Å²) in [5.41, 5.74) is 8.30. The molecule has 2 aromatic carbocycles. The number of aromatic nitrogens is 2. The third-order valence-corrected chi connectivity index (χ3v) is 6.00. The fourth-order valence-electron chi connectivity index (χ4n) is 3.61. The number of aromatic amines is 1. The minimum absolute atomic E-state index is 0.134. The zero-order valence-corrected chi connectivity index (χ0v) is 18.2. The lowest BCUT2D eigenvalue weighted by Gasteiger charge is -2.24. The zero-order valence-electron chi connectivity index (χ0n) is 17.4. The third-order valence-electron chi connectivity index (χ3n) is 5.05. The number of nitrogens with zero attached hydrogens (tertiary/aromatic N) is 1. The van der Waals surface area contributed by atoms with Gasteiger partial charge in [0, 0.05) is 18.1 Å². The molecule has 4 rings (SSSR count). The first-order valence-electron chi connectivity index (χ1n) is 10.0. The second-order valence-electron chi connectivity index (χ2n) is 7.54. The Morgan fingerprint density at radius 2 is 2.00 bits per heavy atom. The summed E-state index contributed by atoms with van der Waals surface area (Å²) in [5, 5.41) is 3.18. The zero-order chi connectivity index (χ0) is 22.7. The molecule has 0 fully saturated rings. The molecule has 1 aliphatic rings. The number of H-pyrrole nitrogens is 1. The number of primary amides is 1. The van der Waals surface area contributed by atoms with E-state index >= 15 is 0 Å². The van der Waals surface area contributed by atoms with Crippen LogP contribution >= 0.6 is 11.8 Å². The van der Waals surface area contributed by atoms with Gasteiger partial charge in [0.05, 0.1) is 5.56 Å². The molecule has 2 amide bonds. The van der Waals surface area contributed by atoms with Gasteiger partial charge in [0.15, 0.2) is 11.8 Å². The summed E-state index contributed by atoms with van der Waals surface area (Å²) in [6, 6.07) is 15.0. The van der Waals surface area contributed by atoms with Crippen LogP contribution in [-0.2, 0) is 15.3 Å². The Labute approximate surface area is 188 Å². The lowest BCUT2D eigenvalue weighted by molar-refractivity contribution is -0.120. The van der Waals surface area contributed by atoms with Crippen LogP contribution in [0.15, 0.2) is 58.5 Å². The molecule has 32 heavy (non-hydrogen) atoms. The van der Waals surface area contributed by atoms with Crippen molar-refractivity contribution < 1.29 is 14.3 Å². The summed E-state index contributed by atoms with van der Waals surface area (Å²) < 4.78 is 5.27. The molecule has 164 valence electrons. The maximum Gasteiger partial charge on any atom is 0.257 e. The fraction of sp³-hybridized carbons (Fsp3) is 0.217. The van der Waals surface area contributed by atoms with Crippen molar-refractivity contribution in [2.45, 2.75) is 30.2 Å². The average Bonchev–Trinajstić information content (AvgIpc) is 2.76. The number of nitrogens with two attached hydrogens (primary N) is 1. The second kappa shape index (κ2) is 9.27. The molecule has 1 aromatic heterocycles. The molecule has 2 heterocycles. The molecule has 0 spiro atoms. The third kappa shape index (κ3) is 5.00. The van der Waals surface area contributed by atoms with E-state index in [1.165, 1.54) is 11.8 Å². The molecule has 0 saturated heterocycles. The van der Waals surface area contributed by atoms with Crippen LogP contribution in [0.2, 0.25) is 0 Å². The Morgan fingerprint density at radius 1 is 1.22 bits per heavy atom. The first kappa shape index (κ1) is 21.6. The second-order valence-corrected chi connectivity index (χ2v) is 8.50. The smallest absolute Gasteiger partial charge is 0.257 e. The molecule has 3 aromatic rings. The van der Waals surface area contributed by atoms with Crippen LogP contribution in [-0.4, -0.2) is 28.4 Å². The van der Waals surface area contributed by atoms with Crippen LogP contribution in [0.25, 0.3) is 0 Å². The quantitative estimate of drug-likeness (QED) is 0.375. The monoisotopic (exact) mass is 450 g/mol. The Hall–Kier alpha value is -3.59. The number of carbonyl (C=O) groups excluding carboxylic acids is 2. The van der Waals surface area contributed by atoms with E-state index in [9.17, 15) is 14.4 Å². The van der Waals surface area contributed by atoms with Gasteiger partial charge in [0.2, 0.25) is 5.91 Å². The van der Waals surface area contributed by atoms with E-state index in [2.05, 4.69) is 21.4 Å². The summed E-state index contributed by atoms with van der Waals surface area (Å²) in [7, 11) is 0. The number of carbonyl (C=O) groups is 2. The van der Waals surface area contributed by atoms with Crippen molar-refractivity contribution in [3.05, 3.63) is 81.1 Å². The summed E-state index contributed by atoms with van der Waals surface area (Å²) in [5.74, 6) is 0.202. The van der Waals surface area contributed by atoms with Crippen molar-refractivity contribution in [2.24, 2.45) is 5.73 Å². The Morgan fingerprint density at radius 3 is 2.72 bits per heavy atom. The lowest BCUT2D eigenvalue weighted by atomic mass is 9.87. The molecule has 9 heteroatoms. The number of benzene rings is 2. The minimum Gasteiger partial charge on any atom is -0.484 e. The topological polar surface area (TPSA) is 127 Å². The highest BCUT2D eigenvalue weighted by molar-refractivity contribution is 7.98. The summed E-state index contributed by atoms with van der Waals surface area (Å²) in [6.45, 7) is 1.81. The van der Waals surface area contributed by atoms with Crippen molar-refractivity contribution in [2.75, 3.05) is 11.9 Å². The number of anilines is 1. The van der Waals surface area contributed by atoms with E-state index in [-0.39, 0.29) is 30.3 Å². The van der Waals surface area contributed by atoms with Crippen LogP contribution in [0, 0.1) is 6.92 Å². The van der Waals surface area contributed by atoms with Gasteiger partial charge in [0.25, 0.3) is 11.5 Å². The standard InChI is InChI=1S/C23H22N4O4S/c1-13-3-2-4-14(9-13)12-32-23-26-21-20(22(30)27-23)17(10-19(29)25-21)15-5-7-16(8-6-15)31-11-18(24)28/h2-9,17H,10-12H2,1H3,(H2,24,28)(H2,25,26,27,29,30)/t17-/m1/s1. The predicted molar refractivity (Wildman–Crippen MR) is 122 cm³/mol. The minimum atomic E-state index is -0.569. The molecule has 0 unspecified atom stereocenters. The summed E-state index contributed by atoms with van der Waals surface area (Å²) in [6.07, 6.45) is 0.134. The lowest BCUT2D eigenvalue weighted by Crippen LogP contribution is -2.31. The number of hydrogen-bond donors (Lipinski definition) is 3. The van der Waals surface area contributed by atoms with Gasteiger partial charge in [0.1, 0.15) is 11.6 Å². The van der Waals surface area contributed by atoms with E-state index in [0.29, 0.717) is 22.2 Å². The SMILES string of the molecule is Cc1cccc(CSc2nc3c(c(=O)[nH]2)[C@@H](c2ccc(OCC(N)=O)cc2)CC(=O)N3)c1. The summed E-state index contributed by atoms with van der Waals surface area (Å²) in [4.78, 5) is 43.5. The van der Waals surface area contributed by atoms with Crippen LogP contribution in [0.4, 0.5) is 5.82 Å². The highest BCUT2D eigenvalue weighted by atomic mass is 32.2. The Bertz CT molecular complexity index is 1220. The predicted octanol–water partition coefficient (Wildman–Crippen LogP) is 2.71. The van der Waals surface area contributed by atoms with E-state index in [0.717, 1.165) is 16.7 Å². The van der Waals surface area contributed by atoms with Gasteiger partial charge in [-0.05, 0) is 30.2 Å². The van der Waals surface area contributed by atoms with Crippen molar-refractivity contribution in [1.29, 1.82) is 0 Å². The van der Waals surface area contributed by atoms with Crippen molar-refractivity contribution in [1.82, 2.24) is 9.97 Å². The number of ether oxygens (including phenoxy) is 1. The maximum absolute atomic E-state index is 12.9. The number of fused-ring (bicyclic) bond motifs is 1. The van der Waals surface area contributed by atoms with Crippen LogP contribution in [0.3, 0.4) is 0 Å². The van der Waals surface area contributed by atoms with E-state index in [4.69, 9.17) is 10.5 Å². The molecular formula is C23H22N4O4S. The van der Waals surface area contributed by atoms with E-state index in [1.54, 1.807) is 24.3 Å². The molecule has 4 N–H and O–H groups in total. The average molecular weight is 451 g/mol. The molecular weight excluding hydrogens is 428 g/mol. The molecule has 1 atom stereocenters. The van der Waals surface area contributed by atoms with E-state index in [1.807, 2.05) is 25.1 Å². The van der Waals surface area contributed by atoms with Crippen LogP contribution in [0.1, 0.15) is 34.6 Å². The Balaban J connectivity index is 1.57. The number of nitrogens with one attached hydrogen (secondary N) is 2. The normalized spacial score (nSPS) is 15.0. The largest absolute Gasteiger partial charge is 0.484 e. The fourth-order valence-corrected chi connectivity index (χ4v) is 4.41. The van der Waals surface area contributed by atoms with E-state index < -0.39 is 11.8 Å². The first-order chi connectivity index (χ1) is 15.4. The first-order valence-corrected chi connectivity index (χ1v) is 11.0. The van der Waals surface area contributed by atoms with Gasteiger partial charge in [-0.3, -0.25) is 14.4 Å². The summed E-state index contributed by atoms with van der Waals surface area (Å²) >= 11 is 1.40. The van der Waals surface area contributed by atoms with Gasteiger partial charge in [-0.25, -0.2) is 4.98 Å². The van der Waals surface area contributed by atoms with Gasteiger partial charge in [-0.1, -0.05) is 53.7 Å². The van der Waals surface area contributed by atoms with Gasteiger partial charge in [-0.15, -0.1) is 0 Å². The molecule has 0 radical (unpaired) electrons. The molecule has 0 bridgehead atoms. The Kier molecular flexibility index (Phi) is 6.27.